The van der Waals surface area contributed by atoms with Gasteiger partial charge in [0.2, 0.25) is 0 Å². The Morgan fingerprint density at radius 3 is 2.70 bits per heavy atom. The van der Waals surface area contributed by atoms with Crippen molar-refractivity contribution >= 4 is 0 Å². The number of benzene rings is 1. The van der Waals surface area contributed by atoms with E-state index in [-0.39, 0.29) is 11.9 Å². The summed E-state index contributed by atoms with van der Waals surface area (Å²) in [5.41, 5.74) is 8.05. The first kappa shape index (κ1) is 15.4. The van der Waals surface area contributed by atoms with Crippen molar-refractivity contribution in [1.29, 1.82) is 0 Å². The molecule has 0 saturated carbocycles. The molecule has 1 saturated heterocycles. The highest BCUT2D eigenvalue weighted by Crippen LogP contribution is 2.23. The van der Waals surface area contributed by atoms with Gasteiger partial charge in [0.1, 0.15) is 5.82 Å². The molecule has 0 spiro atoms. The number of rotatable bonds is 6. The van der Waals surface area contributed by atoms with Crippen molar-refractivity contribution in [3.05, 3.63) is 35.1 Å². The van der Waals surface area contributed by atoms with Gasteiger partial charge in [-0.25, -0.2) is 4.39 Å². The van der Waals surface area contributed by atoms with Crippen LogP contribution in [0, 0.1) is 12.7 Å². The van der Waals surface area contributed by atoms with Crippen LogP contribution < -0.4 is 5.73 Å². The van der Waals surface area contributed by atoms with Gasteiger partial charge in [-0.3, -0.25) is 4.90 Å². The summed E-state index contributed by atoms with van der Waals surface area (Å²) >= 11 is 0. The molecule has 1 aliphatic rings. The summed E-state index contributed by atoms with van der Waals surface area (Å²) < 4.78 is 13.5. The number of aryl methyl sites for hydroxylation is 1. The maximum absolute atomic E-state index is 13.5. The highest BCUT2D eigenvalue weighted by atomic mass is 19.1. The fraction of sp³-hybridized carbons (Fsp3) is 0.625. The molecule has 3 nitrogen and oxygen atoms in total. The standard InChI is InChI=1S/C16H26FN3/c1-13-5-6-14(17)11-15(13)16(12-18)19(2)9-10-20-7-3-4-8-20/h5-6,11,16H,3-4,7-10,12,18H2,1-2H3. The summed E-state index contributed by atoms with van der Waals surface area (Å²) in [6, 6.07) is 5.06. The molecule has 2 N–H and O–H groups in total. The van der Waals surface area contributed by atoms with E-state index in [1.807, 2.05) is 13.0 Å². The Morgan fingerprint density at radius 1 is 1.35 bits per heavy atom. The average molecular weight is 279 g/mol. The summed E-state index contributed by atoms with van der Waals surface area (Å²) in [4.78, 5) is 4.74. The van der Waals surface area contributed by atoms with Crippen LogP contribution in [-0.2, 0) is 0 Å². The SMILES string of the molecule is Cc1ccc(F)cc1C(CN)N(C)CCN1CCCC1. The minimum Gasteiger partial charge on any atom is -0.329 e. The first-order chi connectivity index (χ1) is 9.61. The molecule has 1 aromatic rings. The largest absolute Gasteiger partial charge is 0.329 e. The number of hydrogen-bond acceptors (Lipinski definition) is 3. The van der Waals surface area contributed by atoms with E-state index in [9.17, 15) is 4.39 Å². The van der Waals surface area contributed by atoms with Crippen LogP contribution in [0.2, 0.25) is 0 Å². The van der Waals surface area contributed by atoms with Crippen LogP contribution in [0.3, 0.4) is 0 Å². The van der Waals surface area contributed by atoms with Gasteiger partial charge in [-0.1, -0.05) is 6.07 Å². The highest BCUT2D eigenvalue weighted by Gasteiger charge is 2.19. The molecule has 0 aliphatic carbocycles. The monoisotopic (exact) mass is 279 g/mol. The van der Waals surface area contributed by atoms with Crippen molar-refractivity contribution in [1.82, 2.24) is 9.80 Å². The van der Waals surface area contributed by atoms with Crippen LogP contribution >= 0.6 is 0 Å². The maximum atomic E-state index is 13.5. The second kappa shape index (κ2) is 7.16. The number of likely N-dealkylation sites (N-methyl/N-ethyl adjacent to an activating group) is 1. The average Bonchev–Trinajstić information content (AvgIpc) is 2.94. The van der Waals surface area contributed by atoms with Crippen molar-refractivity contribution in [2.45, 2.75) is 25.8 Å². The lowest BCUT2D eigenvalue weighted by Crippen LogP contribution is -2.37. The normalized spacial score (nSPS) is 17.9. The number of halogens is 1. The van der Waals surface area contributed by atoms with Crippen LogP contribution in [0.5, 0.6) is 0 Å². The topological polar surface area (TPSA) is 32.5 Å². The van der Waals surface area contributed by atoms with Gasteiger partial charge in [-0.15, -0.1) is 0 Å². The molecule has 1 aromatic carbocycles. The van der Waals surface area contributed by atoms with E-state index >= 15 is 0 Å². The Bertz CT molecular complexity index is 430. The zero-order chi connectivity index (χ0) is 14.5. The summed E-state index contributed by atoms with van der Waals surface area (Å²) in [5, 5.41) is 0. The fourth-order valence-corrected chi connectivity index (χ4v) is 2.98. The molecule has 1 aliphatic heterocycles. The minimum atomic E-state index is -0.183. The molecular weight excluding hydrogens is 253 g/mol. The third-order valence-electron chi connectivity index (χ3n) is 4.32. The first-order valence-corrected chi connectivity index (χ1v) is 7.50. The highest BCUT2D eigenvalue weighted by molar-refractivity contribution is 5.29. The van der Waals surface area contributed by atoms with Crippen molar-refractivity contribution in [2.24, 2.45) is 5.73 Å². The van der Waals surface area contributed by atoms with E-state index in [1.54, 1.807) is 6.07 Å². The number of hydrogen-bond donors (Lipinski definition) is 1. The lowest BCUT2D eigenvalue weighted by atomic mass is 10.00. The van der Waals surface area contributed by atoms with Gasteiger partial charge in [-0.05, 0) is 63.2 Å². The van der Waals surface area contributed by atoms with Gasteiger partial charge in [0, 0.05) is 25.7 Å². The van der Waals surface area contributed by atoms with Gasteiger partial charge >= 0.3 is 0 Å². The second-order valence-electron chi connectivity index (χ2n) is 5.78. The zero-order valence-corrected chi connectivity index (χ0v) is 12.6. The molecule has 0 bridgehead atoms. The van der Waals surface area contributed by atoms with E-state index in [2.05, 4.69) is 16.8 Å². The van der Waals surface area contributed by atoms with Crippen LogP contribution in [0.4, 0.5) is 4.39 Å². The molecular formula is C16H26FN3. The van der Waals surface area contributed by atoms with Crippen LogP contribution in [0.1, 0.15) is 30.0 Å². The molecule has 1 unspecified atom stereocenters. The van der Waals surface area contributed by atoms with Gasteiger partial charge in [0.25, 0.3) is 0 Å². The lowest BCUT2D eigenvalue weighted by molar-refractivity contribution is 0.209. The molecule has 0 radical (unpaired) electrons. The number of likely N-dealkylation sites (tertiary alicyclic amines) is 1. The molecule has 112 valence electrons. The molecule has 0 aromatic heterocycles. The summed E-state index contributed by atoms with van der Waals surface area (Å²) in [5.74, 6) is -0.183. The predicted molar refractivity (Wildman–Crippen MR) is 81.2 cm³/mol. The van der Waals surface area contributed by atoms with E-state index in [4.69, 9.17) is 5.73 Å². The zero-order valence-electron chi connectivity index (χ0n) is 12.6. The molecule has 0 amide bonds. The summed E-state index contributed by atoms with van der Waals surface area (Å²) in [6.45, 7) is 6.99. The third-order valence-corrected chi connectivity index (χ3v) is 4.32. The van der Waals surface area contributed by atoms with Crippen LogP contribution in [0.25, 0.3) is 0 Å². The summed E-state index contributed by atoms with van der Waals surface area (Å²) in [7, 11) is 2.08. The molecule has 2 rings (SSSR count). The Kier molecular flexibility index (Phi) is 5.52. The van der Waals surface area contributed by atoms with Crippen LogP contribution in [-0.4, -0.2) is 49.6 Å². The van der Waals surface area contributed by atoms with E-state index in [0.717, 1.165) is 24.2 Å². The van der Waals surface area contributed by atoms with Crippen molar-refractivity contribution in [2.75, 3.05) is 39.8 Å². The molecule has 4 heteroatoms. The van der Waals surface area contributed by atoms with Gasteiger partial charge in [0.05, 0.1) is 0 Å². The lowest BCUT2D eigenvalue weighted by Gasteiger charge is -2.30. The Morgan fingerprint density at radius 2 is 2.05 bits per heavy atom. The predicted octanol–water partition coefficient (Wildman–Crippen LogP) is 2.16. The van der Waals surface area contributed by atoms with Crippen molar-refractivity contribution < 1.29 is 4.39 Å². The van der Waals surface area contributed by atoms with E-state index in [0.29, 0.717) is 6.54 Å². The molecule has 1 heterocycles. The first-order valence-electron chi connectivity index (χ1n) is 7.50. The van der Waals surface area contributed by atoms with Crippen molar-refractivity contribution in [3.63, 3.8) is 0 Å². The van der Waals surface area contributed by atoms with Gasteiger partial charge < -0.3 is 10.6 Å². The second-order valence-corrected chi connectivity index (χ2v) is 5.78. The molecule has 1 fully saturated rings. The smallest absolute Gasteiger partial charge is 0.123 e. The third kappa shape index (κ3) is 3.78. The molecule has 20 heavy (non-hydrogen) atoms. The minimum absolute atomic E-state index is 0.0910. The van der Waals surface area contributed by atoms with E-state index < -0.39 is 0 Å². The van der Waals surface area contributed by atoms with Gasteiger partial charge in [0.15, 0.2) is 0 Å². The Hall–Kier alpha value is -0.970. The number of nitrogens with two attached hydrogens (primary N) is 1. The quantitative estimate of drug-likeness (QED) is 0.866. The maximum Gasteiger partial charge on any atom is 0.123 e. The Labute approximate surface area is 121 Å². The number of nitrogens with zero attached hydrogens (tertiary/aromatic N) is 2. The Balaban J connectivity index is 2.00. The fourth-order valence-electron chi connectivity index (χ4n) is 2.98. The van der Waals surface area contributed by atoms with Gasteiger partial charge in [-0.2, -0.15) is 0 Å². The molecule has 1 atom stereocenters. The van der Waals surface area contributed by atoms with Crippen molar-refractivity contribution in [3.8, 4) is 0 Å². The summed E-state index contributed by atoms with van der Waals surface area (Å²) in [6.07, 6.45) is 2.63. The van der Waals surface area contributed by atoms with E-state index in [1.165, 1.54) is 32.0 Å². The van der Waals surface area contributed by atoms with Crippen LogP contribution in [0.15, 0.2) is 18.2 Å².